The van der Waals surface area contributed by atoms with Gasteiger partial charge in [0.2, 0.25) is 17.7 Å². The van der Waals surface area contributed by atoms with E-state index in [0.29, 0.717) is 31.4 Å². The number of nitrogens with zero attached hydrogens (tertiary/aromatic N) is 1. The van der Waals surface area contributed by atoms with Crippen LogP contribution in [0.4, 0.5) is 0 Å². The van der Waals surface area contributed by atoms with Gasteiger partial charge in [0.05, 0.1) is 12.6 Å². The minimum absolute atomic E-state index is 0.00407. The van der Waals surface area contributed by atoms with Gasteiger partial charge in [0.15, 0.2) is 5.96 Å². The topological polar surface area (TPSA) is 282 Å². The Labute approximate surface area is 226 Å². The largest absolute Gasteiger partial charge is 0.508 e. The van der Waals surface area contributed by atoms with E-state index >= 15 is 0 Å². The number of nitrogens with one attached hydrogen (secondary N) is 3. The normalized spacial score (nSPS) is 13.8. The molecule has 0 bridgehead atoms. The second-order valence-electron chi connectivity index (χ2n) is 8.91. The summed E-state index contributed by atoms with van der Waals surface area (Å²) in [5.74, 6) is -3.78. The Kier molecular flexibility index (Phi) is 14.9. The molecule has 0 fully saturated rings. The van der Waals surface area contributed by atoms with E-state index in [1.165, 1.54) is 12.1 Å². The molecule has 15 heteroatoms. The van der Waals surface area contributed by atoms with Crippen molar-refractivity contribution in [2.24, 2.45) is 27.9 Å². The van der Waals surface area contributed by atoms with E-state index in [0.717, 1.165) is 0 Å². The van der Waals surface area contributed by atoms with Crippen LogP contribution in [0.1, 0.15) is 37.7 Å². The molecule has 4 atom stereocenters. The summed E-state index contributed by atoms with van der Waals surface area (Å²) in [7, 11) is 0. The highest BCUT2D eigenvalue weighted by Crippen LogP contribution is 2.12. The van der Waals surface area contributed by atoms with Crippen molar-refractivity contribution in [2.45, 2.75) is 62.7 Å². The van der Waals surface area contributed by atoms with Gasteiger partial charge in [-0.3, -0.25) is 19.4 Å². The first-order chi connectivity index (χ1) is 18.5. The highest BCUT2D eigenvalue weighted by Gasteiger charge is 2.30. The maximum Gasteiger partial charge on any atom is 0.328 e. The lowest BCUT2D eigenvalue weighted by Gasteiger charge is -2.25. The Bertz CT molecular complexity index is 970. The number of carboxylic acid groups (broad SMARTS) is 1. The number of phenolic OH excluding ortho intramolecular Hbond substituents is 1. The van der Waals surface area contributed by atoms with Crippen LogP contribution >= 0.6 is 0 Å². The maximum atomic E-state index is 13.3. The quantitative estimate of drug-likeness (QED) is 0.0496. The molecule has 1 aromatic carbocycles. The number of hydrogen-bond donors (Lipinski definition) is 10. The predicted molar refractivity (Wildman–Crippen MR) is 143 cm³/mol. The van der Waals surface area contributed by atoms with Gasteiger partial charge in [-0.25, -0.2) is 4.79 Å². The molecule has 14 N–H and O–H groups in total. The molecule has 15 nitrogen and oxygen atoms in total. The SMILES string of the molecule is NCCCCC(N)C(=O)NC(Cc1ccc(O)cc1)C(=O)NC(CCCN=C(N)N)C(=O)NC(CO)C(=O)O. The highest BCUT2D eigenvalue weighted by molar-refractivity contribution is 5.94. The van der Waals surface area contributed by atoms with Gasteiger partial charge in [-0.15, -0.1) is 0 Å². The lowest BCUT2D eigenvalue weighted by molar-refractivity contribution is -0.143. The maximum absolute atomic E-state index is 13.3. The molecular formula is C24H40N8O7. The first-order valence-electron chi connectivity index (χ1n) is 12.5. The van der Waals surface area contributed by atoms with Crippen LogP contribution < -0.4 is 38.9 Å². The fourth-order valence-electron chi connectivity index (χ4n) is 3.50. The number of phenols is 1. The van der Waals surface area contributed by atoms with Crippen LogP contribution in [0.25, 0.3) is 0 Å². The molecule has 0 heterocycles. The number of aromatic hydroxyl groups is 1. The molecule has 0 saturated heterocycles. The molecule has 4 unspecified atom stereocenters. The van der Waals surface area contributed by atoms with Crippen molar-refractivity contribution >= 4 is 29.7 Å². The standard InChI is InChI=1S/C24H40N8O7/c25-10-2-1-4-16(26)20(35)31-18(12-14-6-8-15(34)9-7-14)22(37)30-17(5-3-11-29-24(27)28)21(36)32-19(13-33)23(38)39/h6-9,16-19,33-34H,1-5,10-13,25-26H2,(H,30,37)(H,31,35)(H,32,36)(H,38,39)(H4,27,28,29). The predicted octanol–water partition coefficient (Wildman–Crippen LogP) is -3.02. The van der Waals surface area contributed by atoms with E-state index < -0.39 is 54.5 Å². The Balaban J connectivity index is 3.11. The molecule has 39 heavy (non-hydrogen) atoms. The molecule has 0 aliphatic heterocycles. The van der Waals surface area contributed by atoms with E-state index in [4.69, 9.17) is 28.0 Å². The van der Waals surface area contributed by atoms with Crippen LogP contribution in [0.5, 0.6) is 5.75 Å². The number of carbonyl (C=O) groups is 4. The Morgan fingerprint density at radius 3 is 2.00 bits per heavy atom. The monoisotopic (exact) mass is 552 g/mol. The van der Waals surface area contributed by atoms with Crippen molar-refractivity contribution in [1.29, 1.82) is 0 Å². The van der Waals surface area contributed by atoms with E-state index in [2.05, 4.69) is 20.9 Å². The van der Waals surface area contributed by atoms with Gasteiger partial charge in [0.25, 0.3) is 0 Å². The number of aliphatic imine (C=N–C) groups is 1. The summed E-state index contributed by atoms with van der Waals surface area (Å²) < 4.78 is 0. The van der Waals surface area contributed by atoms with Crippen molar-refractivity contribution < 1.29 is 34.5 Å². The first-order valence-corrected chi connectivity index (χ1v) is 12.5. The smallest absolute Gasteiger partial charge is 0.328 e. The van der Waals surface area contributed by atoms with Crippen molar-refractivity contribution in [3.63, 3.8) is 0 Å². The molecular weight excluding hydrogens is 512 g/mol. The fourth-order valence-corrected chi connectivity index (χ4v) is 3.50. The van der Waals surface area contributed by atoms with Crippen molar-refractivity contribution in [3.05, 3.63) is 29.8 Å². The zero-order valence-electron chi connectivity index (χ0n) is 21.7. The summed E-state index contributed by atoms with van der Waals surface area (Å²) in [5.41, 5.74) is 22.7. The number of nitrogens with two attached hydrogens (primary N) is 4. The molecule has 1 aromatic rings. The number of hydrogen-bond acceptors (Lipinski definition) is 9. The van der Waals surface area contributed by atoms with Crippen molar-refractivity contribution in [2.75, 3.05) is 19.7 Å². The molecule has 218 valence electrons. The second-order valence-corrected chi connectivity index (χ2v) is 8.91. The van der Waals surface area contributed by atoms with Crippen LogP contribution in [-0.4, -0.2) is 88.8 Å². The zero-order valence-corrected chi connectivity index (χ0v) is 21.7. The summed E-state index contributed by atoms with van der Waals surface area (Å²) in [6.45, 7) is -0.279. The van der Waals surface area contributed by atoms with Gasteiger partial charge >= 0.3 is 5.97 Å². The summed E-state index contributed by atoms with van der Waals surface area (Å²) in [4.78, 5) is 54.0. The summed E-state index contributed by atoms with van der Waals surface area (Å²) in [6, 6.07) is 1.10. The number of aliphatic hydroxyl groups excluding tert-OH is 1. The van der Waals surface area contributed by atoms with Gasteiger partial charge < -0.3 is 54.2 Å². The average molecular weight is 553 g/mol. The first kappa shape index (κ1) is 33.1. The van der Waals surface area contributed by atoms with Gasteiger partial charge in [-0.1, -0.05) is 18.6 Å². The minimum atomic E-state index is -1.59. The number of unbranched alkanes of at least 4 members (excludes halogenated alkanes) is 1. The van der Waals surface area contributed by atoms with Crippen LogP contribution in [-0.2, 0) is 25.6 Å². The van der Waals surface area contributed by atoms with Crippen LogP contribution in [0.3, 0.4) is 0 Å². The minimum Gasteiger partial charge on any atom is -0.508 e. The molecule has 0 aromatic heterocycles. The number of carbonyl (C=O) groups excluding carboxylic acids is 3. The number of aliphatic hydroxyl groups is 1. The number of amides is 3. The Hall–Kier alpha value is -3.95. The third-order valence-corrected chi connectivity index (χ3v) is 5.69. The van der Waals surface area contributed by atoms with E-state index in [1.54, 1.807) is 12.1 Å². The van der Waals surface area contributed by atoms with Crippen LogP contribution in [0.15, 0.2) is 29.3 Å². The van der Waals surface area contributed by atoms with E-state index in [9.17, 15) is 29.4 Å². The van der Waals surface area contributed by atoms with Gasteiger partial charge in [0.1, 0.15) is 23.9 Å². The number of benzene rings is 1. The second kappa shape index (κ2) is 17.5. The molecule has 0 saturated carbocycles. The van der Waals surface area contributed by atoms with Crippen LogP contribution in [0, 0.1) is 0 Å². The lowest BCUT2D eigenvalue weighted by atomic mass is 10.0. The highest BCUT2D eigenvalue weighted by atomic mass is 16.4. The summed E-state index contributed by atoms with van der Waals surface area (Å²) >= 11 is 0. The molecule has 0 aliphatic carbocycles. The Morgan fingerprint density at radius 2 is 1.44 bits per heavy atom. The van der Waals surface area contributed by atoms with E-state index in [1.807, 2.05) is 0 Å². The molecule has 0 radical (unpaired) electrons. The number of rotatable bonds is 18. The fraction of sp³-hybridized carbons (Fsp3) is 0.542. The molecule has 0 spiro atoms. The third-order valence-electron chi connectivity index (χ3n) is 5.69. The van der Waals surface area contributed by atoms with E-state index in [-0.39, 0.29) is 37.5 Å². The Morgan fingerprint density at radius 1 is 0.846 bits per heavy atom. The van der Waals surface area contributed by atoms with Crippen LogP contribution in [0.2, 0.25) is 0 Å². The van der Waals surface area contributed by atoms with Crippen molar-refractivity contribution in [3.8, 4) is 5.75 Å². The van der Waals surface area contributed by atoms with Gasteiger partial charge in [0, 0.05) is 13.0 Å². The summed E-state index contributed by atoms with van der Waals surface area (Å²) in [6.07, 6.45) is 1.92. The van der Waals surface area contributed by atoms with Gasteiger partial charge in [-0.2, -0.15) is 0 Å². The molecule has 1 rings (SSSR count). The average Bonchev–Trinajstić information content (AvgIpc) is 2.89. The zero-order chi connectivity index (χ0) is 29.4. The molecule has 3 amide bonds. The molecule has 0 aliphatic rings. The van der Waals surface area contributed by atoms with Crippen molar-refractivity contribution in [1.82, 2.24) is 16.0 Å². The summed E-state index contributed by atoms with van der Waals surface area (Å²) in [5, 5.41) is 35.3. The number of carboxylic acids is 1. The number of guanidine groups is 1. The number of aliphatic carboxylic acids is 1. The van der Waals surface area contributed by atoms with Gasteiger partial charge in [-0.05, 0) is 49.9 Å². The lowest BCUT2D eigenvalue weighted by Crippen LogP contribution is -2.58. The third kappa shape index (κ3) is 12.9.